The zero-order valence-electron chi connectivity index (χ0n) is 12.1. The first-order valence-electron chi connectivity index (χ1n) is 7.02. The minimum atomic E-state index is -0.128. The summed E-state index contributed by atoms with van der Waals surface area (Å²) in [6.07, 6.45) is 3.61. The van der Waals surface area contributed by atoms with Gasteiger partial charge in [0.15, 0.2) is 0 Å². The molecular weight excluding hydrogens is 323 g/mol. The van der Waals surface area contributed by atoms with Crippen molar-refractivity contribution in [1.82, 2.24) is 19.8 Å². The van der Waals surface area contributed by atoms with Crippen LogP contribution in [0.3, 0.4) is 0 Å². The maximum atomic E-state index is 12.9. The number of benzene rings is 1. The number of imidazole rings is 1. The molecule has 0 aliphatic carbocycles. The first-order valence-corrected chi connectivity index (χ1v) is 7.78. The van der Waals surface area contributed by atoms with Crippen LogP contribution in [0.2, 0.25) is 10.0 Å². The molecule has 2 heterocycles. The van der Waals surface area contributed by atoms with Gasteiger partial charge in [-0.2, -0.15) is 0 Å². The summed E-state index contributed by atoms with van der Waals surface area (Å²) in [6, 6.07) is 4.98. The quantitative estimate of drug-likeness (QED) is 0.915. The van der Waals surface area contributed by atoms with Gasteiger partial charge in [-0.25, -0.2) is 4.98 Å². The van der Waals surface area contributed by atoms with Crippen molar-refractivity contribution in [3.8, 4) is 0 Å². The lowest BCUT2D eigenvalue weighted by Crippen LogP contribution is -2.49. The number of piperazine rings is 1. The van der Waals surface area contributed by atoms with Crippen molar-refractivity contribution in [2.75, 3.05) is 19.6 Å². The van der Waals surface area contributed by atoms with Gasteiger partial charge in [-0.15, -0.1) is 0 Å². The Labute approximate surface area is 138 Å². The second-order valence-electron chi connectivity index (χ2n) is 5.22. The molecule has 1 fully saturated rings. The second-order valence-corrected chi connectivity index (χ2v) is 6.00. The standard InChI is InChI=1S/C15H16Cl2N4O/c1-20-7-6-19-14(20)12-9-18-5-8-21(12)15(22)10-3-2-4-11(16)13(10)17/h2-4,6-7,12,18H,5,8-9H2,1H3. The van der Waals surface area contributed by atoms with Gasteiger partial charge in [0.1, 0.15) is 11.9 Å². The summed E-state index contributed by atoms with van der Waals surface area (Å²) in [6.45, 7) is 2.00. The van der Waals surface area contributed by atoms with Crippen molar-refractivity contribution in [1.29, 1.82) is 0 Å². The molecule has 0 radical (unpaired) electrons. The Morgan fingerprint density at radius 2 is 2.23 bits per heavy atom. The highest BCUT2D eigenvalue weighted by Gasteiger charge is 2.32. The molecule has 1 N–H and O–H groups in total. The number of rotatable bonds is 2. The molecular formula is C15H16Cl2N4O. The predicted molar refractivity (Wildman–Crippen MR) is 86.3 cm³/mol. The van der Waals surface area contributed by atoms with Crippen LogP contribution in [0.15, 0.2) is 30.6 Å². The zero-order valence-corrected chi connectivity index (χ0v) is 13.6. The fraction of sp³-hybridized carbons (Fsp3) is 0.333. The molecule has 1 aliphatic rings. The number of aryl methyl sites for hydroxylation is 1. The summed E-state index contributed by atoms with van der Waals surface area (Å²) >= 11 is 12.2. The minimum Gasteiger partial charge on any atom is -0.336 e. The van der Waals surface area contributed by atoms with Crippen LogP contribution in [0.4, 0.5) is 0 Å². The van der Waals surface area contributed by atoms with Gasteiger partial charge in [0.2, 0.25) is 0 Å². The maximum Gasteiger partial charge on any atom is 0.256 e. The summed E-state index contributed by atoms with van der Waals surface area (Å²) in [5, 5.41) is 3.99. The van der Waals surface area contributed by atoms with E-state index in [9.17, 15) is 4.79 Å². The predicted octanol–water partition coefficient (Wildman–Crippen LogP) is 2.51. The van der Waals surface area contributed by atoms with Crippen molar-refractivity contribution < 1.29 is 4.79 Å². The number of hydrogen-bond acceptors (Lipinski definition) is 3. The molecule has 2 aromatic rings. The number of nitrogens with zero attached hydrogens (tertiary/aromatic N) is 3. The topological polar surface area (TPSA) is 50.2 Å². The number of halogens is 2. The average Bonchev–Trinajstić information content (AvgIpc) is 2.95. The highest BCUT2D eigenvalue weighted by Crippen LogP contribution is 2.29. The van der Waals surface area contributed by atoms with Crippen molar-refractivity contribution in [2.45, 2.75) is 6.04 Å². The van der Waals surface area contributed by atoms with Crippen LogP contribution < -0.4 is 5.32 Å². The van der Waals surface area contributed by atoms with Gasteiger partial charge >= 0.3 is 0 Å². The van der Waals surface area contributed by atoms with E-state index in [-0.39, 0.29) is 11.9 Å². The van der Waals surface area contributed by atoms with Crippen LogP contribution in [0.25, 0.3) is 0 Å². The third kappa shape index (κ3) is 2.72. The number of nitrogens with one attached hydrogen (secondary N) is 1. The van der Waals surface area contributed by atoms with Crippen molar-refractivity contribution in [3.05, 3.63) is 52.0 Å². The van der Waals surface area contributed by atoms with Crippen LogP contribution in [0.1, 0.15) is 22.2 Å². The van der Waals surface area contributed by atoms with Gasteiger partial charge in [0.05, 0.1) is 15.6 Å². The first kappa shape index (κ1) is 15.3. The number of amides is 1. The Kier molecular flexibility index (Phi) is 4.38. The molecule has 1 aliphatic heterocycles. The van der Waals surface area contributed by atoms with Crippen LogP contribution in [0.5, 0.6) is 0 Å². The van der Waals surface area contributed by atoms with Gasteiger partial charge in [0.25, 0.3) is 5.91 Å². The summed E-state index contributed by atoms with van der Waals surface area (Å²) in [5.41, 5.74) is 0.426. The molecule has 1 amide bonds. The monoisotopic (exact) mass is 338 g/mol. The molecule has 3 rings (SSSR count). The van der Waals surface area contributed by atoms with Gasteiger partial charge in [-0.3, -0.25) is 4.79 Å². The molecule has 7 heteroatoms. The molecule has 1 saturated heterocycles. The molecule has 1 unspecified atom stereocenters. The molecule has 0 saturated carbocycles. The maximum absolute atomic E-state index is 12.9. The van der Waals surface area contributed by atoms with Crippen molar-refractivity contribution >= 4 is 29.1 Å². The highest BCUT2D eigenvalue weighted by molar-refractivity contribution is 6.43. The molecule has 0 bridgehead atoms. The number of carbonyl (C=O) groups is 1. The highest BCUT2D eigenvalue weighted by atomic mass is 35.5. The first-order chi connectivity index (χ1) is 10.6. The van der Waals surface area contributed by atoms with Crippen LogP contribution in [-0.4, -0.2) is 40.0 Å². The third-order valence-corrected chi connectivity index (χ3v) is 4.66. The van der Waals surface area contributed by atoms with E-state index in [1.54, 1.807) is 29.3 Å². The summed E-state index contributed by atoms with van der Waals surface area (Å²) < 4.78 is 1.93. The Hall–Kier alpha value is -1.56. The van der Waals surface area contributed by atoms with Crippen LogP contribution >= 0.6 is 23.2 Å². The SMILES string of the molecule is Cn1ccnc1C1CNCCN1C(=O)c1cccc(Cl)c1Cl. The fourth-order valence-corrected chi connectivity index (χ4v) is 3.08. The zero-order chi connectivity index (χ0) is 15.7. The average molecular weight is 339 g/mol. The molecule has 0 spiro atoms. The van der Waals surface area contributed by atoms with Gasteiger partial charge in [-0.05, 0) is 12.1 Å². The lowest BCUT2D eigenvalue weighted by atomic mass is 10.1. The van der Waals surface area contributed by atoms with E-state index in [4.69, 9.17) is 23.2 Å². The molecule has 1 aromatic carbocycles. The van der Waals surface area contributed by atoms with Crippen molar-refractivity contribution in [2.24, 2.45) is 7.05 Å². The third-order valence-electron chi connectivity index (χ3n) is 3.84. The Balaban J connectivity index is 1.95. The smallest absolute Gasteiger partial charge is 0.256 e. The van der Waals surface area contributed by atoms with Gasteiger partial charge in [0, 0.05) is 39.1 Å². The summed E-state index contributed by atoms with van der Waals surface area (Å²) in [4.78, 5) is 19.1. The van der Waals surface area contributed by atoms with E-state index in [1.807, 2.05) is 17.8 Å². The lowest BCUT2D eigenvalue weighted by Gasteiger charge is -2.36. The lowest BCUT2D eigenvalue weighted by molar-refractivity contribution is 0.0621. The fourth-order valence-electron chi connectivity index (χ4n) is 2.70. The largest absolute Gasteiger partial charge is 0.336 e. The van der Waals surface area contributed by atoms with E-state index in [2.05, 4.69) is 10.3 Å². The molecule has 22 heavy (non-hydrogen) atoms. The Bertz CT molecular complexity index is 701. The van der Waals surface area contributed by atoms with E-state index in [0.717, 1.165) is 12.4 Å². The van der Waals surface area contributed by atoms with Gasteiger partial charge in [-0.1, -0.05) is 29.3 Å². The Morgan fingerprint density at radius 3 is 2.95 bits per heavy atom. The number of hydrogen-bond donors (Lipinski definition) is 1. The second kappa shape index (κ2) is 6.28. The molecule has 116 valence electrons. The number of aromatic nitrogens is 2. The van der Waals surface area contributed by atoms with Crippen molar-refractivity contribution in [3.63, 3.8) is 0 Å². The Morgan fingerprint density at radius 1 is 1.41 bits per heavy atom. The van der Waals surface area contributed by atoms with E-state index >= 15 is 0 Å². The normalized spacial score (nSPS) is 18.5. The van der Waals surface area contributed by atoms with E-state index in [1.165, 1.54) is 0 Å². The van der Waals surface area contributed by atoms with Gasteiger partial charge < -0.3 is 14.8 Å². The van der Waals surface area contributed by atoms with E-state index < -0.39 is 0 Å². The summed E-state index contributed by atoms with van der Waals surface area (Å²) in [5.74, 6) is 0.723. The van der Waals surface area contributed by atoms with Crippen LogP contribution in [0, 0.1) is 0 Å². The molecule has 5 nitrogen and oxygen atoms in total. The molecule has 1 aromatic heterocycles. The van der Waals surface area contributed by atoms with E-state index in [0.29, 0.717) is 28.7 Å². The van der Waals surface area contributed by atoms with Crippen LogP contribution in [-0.2, 0) is 7.05 Å². The minimum absolute atomic E-state index is 0.123. The summed E-state index contributed by atoms with van der Waals surface area (Å²) in [7, 11) is 1.92. The number of carbonyl (C=O) groups excluding carboxylic acids is 1. The molecule has 1 atom stereocenters.